The maximum absolute atomic E-state index is 10.6. The number of rotatable bonds is 9. The van der Waals surface area contributed by atoms with Crippen LogP contribution in [0.1, 0.15) is 48.5 Å². The average molecular weight is 443 g/mol. The second-order valence-electron chi connectivity index (χ2n) is 7.65. The maximum atomic E-state index is 10.6. The van der Waals surface area contributed by atoms with Crippen LogP contribution in [0.15, 0.2) is 28.5 Å². The van der Waals surface area contributed by atoms with Crippen molar-refractivity contribution < 1.29 is 19.1 Å². The molecule has 0 radical (unpaired) electrons. The molecule has 6 nitrogen and oxygen atoms in total. The molecule has 1 aliphatic carbocycles. The first-order valence-electron chi connectivity index (χ1n) is 11.3. The number of carbonyl (C=O) groups is 1. The topological polar surface area (TPSA) is 70.9 Å². The molecule has 0 bridgehead atoms. The van der Waals surface area contributed by atoms with Gasteiger partial charge in [-0.3, -0.25) is 9.79 Å². The smallest absolute Gasteiger partial charge is 0.141 e. The van der Waals surface area contributed by atoms with Gasteiger partial charge in [-0.25, -0.2) is 0 Å². The molecular formula is C23H45N3O3P+. The lowest BCUT2D eigenvalue weighted by Crippen LogP contribution is -2.45. The summed E-state index contributed by atoms with van der Waals surface area (Å²) in [6.07, 6.45) is 4.27. The molecule has 4 unspecified atom stereocenters. The van der Waals surface area contributed by atoms with E-state index in [0.717, 1.165) is 41.7 Å². The van der Waals surface area contributed by atoms with Crippen LogP contribution in [0.5, 0.6) is 0 Å². The highest BCUT2D eigenvalue weighted by molar-refractivity contribution is 7.56. The van der Waals surface area contributed by atoms with Gasteiger partial charge >= 0.3 is 0 Å². The summed E-state index contributed by atoms with van der Waals surface area (Å²) in [4.78, 5) is 15.1. The van der Waals surface area contributed by atoms with E-state index in [1.165, 1.54) is 13.1 Å². The Bertz CT molecular complexity index is 586. The van der Waals surface area contributed by atoms with Crippen LogP contribution in [0.2, 0.25) is 0 Å². The number of hydrogen-bond donors (Lipinski definition) is 2. The van der Waals surface area contributed by atoms with Crippen LogP contribution >= 0.6 is 8.58 Å². The highest BCUT2D eigenvalue weighted by Gasteiger charge is 2.27. The number of allylic oxidation sites excluding steroid dienone is 2. The van der Waals surface area contributed by atoms with E-state index in [2.05, 4.69) is 57.2 Å². The monoisotopic (exact) mass is 442 g/mol. The van der Waals surface area contributed by atoms with E-state index in [0.29, 0.717) is 17.5 Å². The number of quaternary nitrogens is 1. The van der Waals surface area contributed by atoms with Gasteiger partial charge in [-0.15, -0.1) is 0 Å². The Labute approximate surface area is 186 Å². The highest BCUT2D eigenvalue weighted by Crippen LogP contribution is 2.31. The fraction of sp³-hybridized carbons (Fsp3) is 0.739. The summed E-state index contributed by atoms with van der Waals surface area (Å²) in [5, 5.41) is 12.6. The summed E-state index contributed by atoms with van der Waals surface area (Å²) >= 11 is 0. The fourth-order valence-electron chi connectivity index (χ4n) is 2.97. The molecular weight excluding hydrogens is 397 g/mol. The van der Waals surface area contributed by atoms with Crippen molar-refractivity contribution in [2.45, 2.75) is 54.2 Å². The number of likely N-dealkylation sites (N-methyl/N-ethyl adjacent to an activating group) is 1. The molecule has 0 aromatic heterocycles. The number of nitrogens with one attached hydrogen (secondary N) is 1. The SMILES string of the molecule is CC.CC1C=C2N=C(CO)C(PC=O)NC2=CC1C.CCOCC[N+](C)(CC)CC. The van der Waals surface area contributed by atoms with Gasteiger partial charge in [0, 0.05) is 6.61 Å². The lowest BCUT2D eigenvalue weighted by Gasteiger charge is -2.31. The number of hydrogen-bond acceptors (Lipinski definition) is 5. The lowest BCUT2D eigenvalue weighted by atomic mass is 9.88. The maximum Gasteiger partial charge on any atom is 0.141 e. The lowest BCUT2D eigenvalue weighted by molar-refractivity contribution is -0.906. The van der Waals surface area contributed by atoms with Crippen LogP contribution in [-0.4, -0.2) is 73.6 Å². The van der Waals surface area contributed by atoms with Crippen molar-refractivity contribution >= 4 is 20.3 Å². The van der Waals surface area contributed by atoms with Crippen molar-refractivity contribution in [1.29, 1.82) is 0 Å². The zero-order valence-electron chi connectivity index (χ0n) is 20.4. The molecule has 2 N–H and O–H groups in total. The standard InChI is InChI=1S/C12H17N2O2P.C9H22NO.C2H6/c1-7-3-9-10(4-8(7)2)14-12(17-6-16)11(5-15)13-9;1-5-10(4,6-2)8-9-11-7-3;1-2/h3-4,6-8,12,14-15,17H,5H2,1-2H3;5-9H2,1-4H3;1-2H3/q;+1;. The average Bonchev–Trinajstić information content (AvgIpc) is 2.76. The van der Waals surface area contributed by atoms with Gasteiger partial charge in [-0.05, 0) is 41.2 Å². The first kappa shape index (κ1) is 28.9. The molecule has 0 fully saturated rings. The molecule has 174 valence electrons. The van der Waals surface area contributed by atoms with Crippen LogP contribution in [0.25, 0.3) is 0 Å². The Morgan fingerprint density at radius 1 is 1.20 bits per heavy atom. The van der Waals surface area contributed by atoms with E-state index in [1.807, 2.05) is 20.8 Å². The Morgan fingerprint density at radius 3 is 2.30 bits per heavy atom. The van der Waals surface area contributed by atoms with Gasteiger partial charge in [-0.1, -0.05) is 39.8 Å². The van der Waals surface area contributed by atoms with Crippen molar-refractivity contribution in [3.05, 3.63) is 23.5 Å². The van der Waals surface area contributed by atoms with Crippen LogP contribution in [0.3, 0.4) is 0 Å². The molecule has 2 rings (SSSR count). The zero-order valence-corrected chi connectivity index (χ0v) is 21.4. The molecule has 1 heterocycles. The van der Waals surface area contributed by atoms with Crippen LogP contribution in [0, 0.1) is 11.8 Å². The largest absolute Gasteiger partial charge is 0.390 e. The minimum absolute atomic E-state index is 0.0909. The summed E-state index contributed by atoms with van der Waals surface area (Å²) in [7, 11) is 2.37. The van der Waals surface area contributed by atoms with Crippen molar-refractivity contribution in [1.82, 2.24) is 5.32 Å². The molecule has 0 saturated heterocycles. The Kier molecular flexibility index (Phi) is 15.1. The van der Waals surface area contributed by atoms with E-state index in [1.54, 1.807) is 0 Å². The summed E-state index contributed by atoms with van der Waals surface area (Å²) in [6, 6.07) is 0.882. The van der Waals surface area contributed by atoms with Gasteiger partial charge in [0.05, 0.1) is 56.2 Å². The predicted octanol–water partition coefficient (Wildman–Crippen LogP) is 3.81. The molecule has 4 atom stereocenters. The summed E-state index contributed by atoms with van der Waals surface area (Å²) < 4.78 is 6.44. The second-order valence-corrected chi connectivity index (χ2v) is 8.79. The molecule has 7 heteroatoms. The van der Waals surface area contributed by atoms with E-state index < -0.39 is 0 Å². The van der Waals surface area contributed by atoms with Gasteiger partial charge in [0.2, 0.25) is 0 Å². The summed E-state index contributed by atoms with van der Waals surface area (Å²) in [5.41, 5.74) is 2.54. The third-order valence-corrected chi connectivity index (χ3v) is 6.70. The number of aliphatic hydroxyl groups excluding tert-OH is 1. The normalized spacial score (nSPS) is 23.0. The molecule has 0 saturated carbocycles. The number of carbonyl (C=O) groups excluding carboxylic acids is 1. The predicted molar refractivity (Wildman–Crippen MR) is 131 cm³/mol. The Hall–Kier alpha value is -1.07. The van der Waals surface area contributed by atoms with Crippen LogP contribution in [-0.2, 0) is 9.53 Å². The molecule has 0 aromatic rings. The quantitative estimate of drug-likeness (QED) is 0.247. The first-order valence-corrected chi connectivity index (χ1v) is 12.5. The van der Waals surface area contributed by atoms with Gasteiger partial charge in [0.25, 0.3) is 0 Å². The number of ether oxygens (including phenoxy) is 1. The summed E-state index contributed by atoms with van der Waals surface area (Å²) in [6.45, 7) is 20.0. The molecule has 0 aromatic carbocycles. The second kappa shape index (κ2) is 15.7. The van der Waals surface area contributed by atoms with E-state index in [4.69, 9.17) is 4.74 Å². The van der Waals surface area contributed by atoms with Gasteiger partial charge in [-0.2, -0.15) is 0 Å². The van der Waals surface area contributed by atoms with E-state index in [-0.39, 0.29) is 21.0 Å². The molecule has 30 heavy (non-hydrogen) atoms. The van der Waals surface area contributed by atoms with Crippen molar-refractivity contribution in [2.24, 2.45) is 16.8 Å². The number of aliphatic imine (C=N–C) groups is 1. The highest BCUT2D eigenvalue weighted by atomic mass is 31.1. The number of nitrogens with zero attached hydrogens (tertiary/aromatic N) is 2. The Balaban J connectivity index is 0.000000565. The number of aliphatic hydroxyl groups is 1. The van der Waals surface area contributed by atoms with Crippen molar-refractivity contribution in [2.75, 3.05) is 46.5 Å². The van der Waals surface area contributed by atoms with Crippen molar-refractivity contribution in [3.8, 4) is 0 Å². The van der Waals surface area contributed by atoms with E-state index >= 15 is 0 Å². The minimum Gasteiger partial charge on any atom is -0.390 e. The molecule has 0 spiro atoms. The Morgan fingerprint density at radius 2 is 1.80 bits per heavy atom. The summed E-state index contributed by atoms with van der Waals surface area (Å²) in [5.74, 6) is 0.776. The fourth-order valence-corrected chi connectivity index (χ4v) is 3.69. The third kappa shape index (κ3) is 9.38. The molecule has 2 aliphatic rings. The molecule has 1 aliphatic heterocycles. The van der Waals surface area contributed by atoms with Gasteiger partial charge in [0.1, 0.15) is 12.6 Å². The number of fused-ring (bicyclic) bond motifs is 1. The van der Waals surface area contributed by atoms with Gasteiger partial charge in [0.15, 0.2) is 0 Å². The van der Waals surface area contributed by atoms with Gasteiger partial charge < -0.3 is 19.6 Å². The molecule has 0 amide bonds. The van der Waals surface area contributed by atoms with Crippen LogP contribution in [0.4, 0.5) is 0 Å². The first-order chi connectivity index (χ1) is 14.3. The minimum atomic E-state index is -0.137. The third-order valence-electron chi connectivity index (χ3n) is 5.76. The van der Waals surface area contributed by atoms with E-state index in [9.17, 15) is 9.90 Å². The zero-order chi connectivity index (χ0) is 23.2. The van der Waals surface area contributed by atoms with Crippen molar-refractivity contribution in [3.63, 3.8) is 0 Å². The van der Waals surface area contributed by atoms with Crippen LogP contribution < -0.4 is 5.32 Å².